The fourth-order valence-electron chi connectivity index (χ4n) is 1.26. The van der Waals surface area contributed by atoms with Gasteiger partial charge in [-0.3, -0.25) is 10.1 Å². The van der Waals surface area contributed by atoms with E-state index >= 15 is 0 Å². The van der Waals surface area contributed by atoms with Gasteiger partial charge in [0.15, 0.2) is 0 Å². The summed E-state index contributed by atoms with van der Waals surface area (Å²) in [6.07, 6.45) is -4.80. The Hall–Kier alpha value is -1.64. The molecule has 0 aliphatic carbocycles. The van der Waals surface area contributed by atoms with Crippen molar-refractivity contribution in [2.45, 2.75) is 13.1 Å². The van der Waals surface area contributed by atoms with Crippen LogP contribution in [0.1, 0.15) is 22.8 Å². The summed E-state index contributed by atoms with van der Waals surface area (Å²) >= 11 is 2.74. The van der Waals surface area contributed by atoms with E-state index in [0.29, 0.717) is 12.1 Å². The van der Waals surface area contributed by atoms with E-state index in [0.717, 1.165) is 0 Å². The van der Waals surface area contributed by atoms with Gasteiger partial charge in [-0.25, -0.2) is 4.79 Å². The van der Waals surface area contributed by atoms with Crippen molar-refractivity contribution in [3.05, 3.63) is 37.8 Å². The van der Waals surface area contributed by atoms with Crippen LogP contribution < -0.4 is 0 Å². The zero-order valence-corrected chi connectivity index (χ0v) is 11.0. The Balaban J connectivity index is 3.49. The van der Waals surface area contributed by atoms with E-state index in [1.54, 1.807) is 0 Å². The number of nitro groups is 1. The molecule has 0 unspecified atom stereocenters. The average Bonchev–Trinajstić information content (AvgIpc) is 2.27. The van der Waals surface area contributed by atoms with E-state index in [1.807, 2.05) is 0 Å². The van der Waals surface area contributed by atoms with Crippen molar-refractivity contribution in [2.24, 2.45) is 0 Å². The minimum absolute atomic E-state index is 0.0602. The van der Waals surface area contributed by atoms with Crippen LogP contribution in [0.4, 0.5) is 18.9 Å². The molecular formula is C10H7BrF3NO4. The molecule has 1 aromatic rings. The molecule has 5 nitrogen and oxygen atoms in total. The highest BCUT2D eigenvalue weighted by Crippen LogP contribution is 2.37. The smallest absolute Gasteiger partial charge is 0.416 e. The third kappa shape index (κ3) is 3.43. The normalized spacial score (nSPS) is 11.2. The molecule has 0 saturated heterocycles. The topological polar surface area (TPSA) is 69.4 Å². The second kappa shape index (κ2) is 5.55. The van der Waals surface area contributed by atoms with Crippen molar-refractivity contribution in [3.8, 4) is 0 Å². The summed E-state index contributed by atoms with van der Waals surface area (Å²) in [4.78, 5) is 21.2. The highest BCUT2D eigenvalue weighted by molar-refractivity contribution is 9.10. The largest absolute Gasteiger partial charge is 0.462 e. The first kappa shape index (κ1) is 15.4. The number of rotatable bonds is 3. The van der Waals surface area contributed by atoms with Gasteiger partial charge in [0.1, 0.15) is 4.47 Å². The second-order valence-corrected chi connectivity index (χ2v) is 4.13. The van der Waals surface area contributed by atoms with Crippen LogP contribution in [0.25, 0.3) is 0 Å². The minimum atomic E-state index is -4.80. The predicted octanol–water partition coefficient (Wildman–Crippen LogP) is 3.55. The van der Waals surface area contributed by atoms with Crippen LogP contribution in [0.3, 0.4) is 0 Å². The van der Waals surface area contributed by atoms with Crippen LogP contribution in [0, 0.1) is 10.1 Å². The Morgan fingerprint density at radius 2 is 2.05 bits per heavy atom. The van der Waals surface area contributed by atoms with Crippen molar-refractivity contribution in [1.82, 2.24) is 0 Å². The second-order valence-electron chi connectivity index (χ2n) is 3.33. The Morgan fingerprint density at radius 1 is 1.47 bits per heavy atom. The van der Waals surface area contributed by atoms with Crippen LogP contribution in [0.15, 0.2) is 16.6 Å². The molecule has 0 aromatic heterocycles. The van der Waals surface area contributed by atoms with Crippen molar-refractivity contribution in [2.75, 3.05) is 6.61 Å². The van der Waals surface area contributed by atoms with E-state index in [1.165, 1.54) is 6.92 Å². The SMILES string of the molecule is CCOC(=O)c1cc(C(F)(F)F)cc([N+](=O)[O-])c1Br. The molecule has 0 atom stereocenters. The number of carbonyl (C=O) groups excluding carboxylic acids is 1. The average molecular weight is 342 g/mol. The van der Waals surface area contributed by atoms with Gasteiger partial charge in [-0.2, -0.15) is 13.2 Å². The van der Waals surface area contributed by atoms with Crippen molar-refractivity contribution >= 4 is 27.6 Å². The zero-order valence-electron chi connectivity index (χ0n) is 9.45. The number of esters is 1. The van der Waals surface area contributed by atoms with Gasteiger partial charge in [-0.1, -0.05) is 0 Å². The lowest BCUT2D eigenvalue weighted by Crippen LogP contribution is -2.12. The summed E-state index contributed by atoms with van der Waals surface area (Å²) < 4.78 is 42.0. The Morgan fingerprint density at radius 3 is 2.47 bits per heavy atom. The molecule has 0 radical (unpaired) electrons. The van der Waals surface area contributed by atoms with Gasteiger partial charge in [-0.05, 0) is 28.9 Å². The Bertz CT molecular complexity index is 530. The number of nitrogens with zero attached hydrogens (tertiary/aromatic N) is 1. The summed E-state index contributed by atoms with van der Waals surface area (Å²) in [5.74, 6) is -1.07. The number of nitro benzene ring substituents is 1. The number of hydrogen-bond acceptors (Lipinski definition) is 4. The monoisotopic (exact) mass is 341 g/mol. The predicted molar refractivity (Wildman–Crippen MR) is 61.8 cm³/mol. The van der Waals surface area contributed by atoms with Gasteiger partial charge in [-0.15, -0.1) is 0 Å². The summed E-state index contributed by atoms with van der Waals surface area (Å²) in [6.45, 7) is 1.41. The Labute approximate surface area is 113 Å². The molecule has 0 aliphatic rings. The first-order valence-electron chi connectivity index (χ1n) is 4.90. The molecule has 9 heteroatoms. The fraction of sp³-hybridized carbons (Fsp3) is 0.300. The lowest BCUT2D eigenvalue weighted by atomic mass is 10.1. The minimum Gasteiger partial charge on any atom is -0.462 e. The molecule has 1 aromatic carbocycles. The number of hydrogen-bond donors (Lipinski definition) is 0. The third-order valence-corrected chi connectivity index (χ3v) is 2.91. The van der Waals surface area contributed by atoms with E-state index in [-0.39, 0.29) is 11.1 Å². The molecule has 0 amide bonds. The summed E-state index contributed by atoms with van der Waals surface area (Å²) in [7, 11) is 0. The Kier molecular flexibility index (Phi) is 4.51. The summed E-state index contributed by atoms with van der Waals surface area (Å²) in [5, 5.41) is 10.7. The van der Waals surface area contributed by atoms with E-state index < -0.39 is 33.9 Å². The maximum Gasteiger partial charge on any atom is 0.416 e. The van der Waals surface area contributed by atoms with Crippen molar-refractivity contribution in [1.29, 1.82) is 0 Å². The lowest BCUT2D eigenvalue weighted by Gasteiger charge is -2.10. The molecule has 0 bridgehead atoms. The molecule has 104 valence electrons. The maximum atomic E-state index is 12.6. The summed E-state index contributed by atoms with van der Waals surface area (Å²) in [6, 6.07) is 0.863. The number of ether oxygens (including phenoxy) is 1. The van der Waals surface area contributed by atoms with Crippen LogP contribution in [-0.4, -0.2) is 17.5 Å². The fourth-order valence-corrected chi connectivity index (χ4v) is 1.80. The molecule has 19 heavy (non-hydrogen) atoms. The quantitative estimate of drug-likeness (QED) is 0.479. The van der Waals surface area contributed by atoms with Gasteiger partial charge < -0.3 is 4.74 Å². The molecule has 0 fully saturated rings. The van der Waals surface area contributed by atoms with Crippen LogP contribution in [0.5, 0.6) is 0 Å². The molecule has 0 saturated carbocycles. The number of alkyl halides is 3. The maximum absolute atomic E-state index is 12.6. The van der Waals surface area contributed by atoms with Crippen molar-refractivity contribution in [3.63, 3.8) is 0 Å². The van der Waals surface area contributed by atoms with Gasteiger partial charge in [0.05, 0.1) is 22.7 Å². The van der Waals surface area contributed by atoms with E-state index in [9.17, 15) is 28.1 Å². The number of halogens is 4. The van der Waals surface area contributed by atoms with Gasteiger partial charge in [0.25, 0.3) is 5.69 Å². The van der Waals surface area contributed by atoms with E-state index in [4.69, 9.17) is 0 Å². The van der Waals surface area contributed by atoms with E-state index in [2.05, 4.69) is 20.7 Å². The van der Waals surface area contributed by atoms with Crippen LogP contribution in [0.2, 0.25) is 0 Å². The molecule has 0 heterocycles. The van der Waals surface area contributed by atoms with Gasteiger partial charge in [0.2, 0.25) is 0 Å². The molecule has 0 spiro atoms. The lowest BCUT2D eigenvalue weighted by molar-refractivity contribution is -0.385. The molecule has 0 N–H and O–H groups in total. The third-order valence-electron chi connectivity index (χ3n) is 2.07. The number of benzene rings is 1. The van der Waals surface area contributed by atoms with Crippen LogP contribution >= 0.6 is 15.9 Å². The first-order chi connectivity index (χ1) is 8.68. The van der Waals surface area contributed by atoms with Crippen molar-refractivity contribution < 1.29 is 27.6 Å². The standard InChI is InChI=1S/C10H7BrF3NO4/c1-2-19-9(16)6-3-5(10(12,13)14)4-7(8(6)11)15(17)18/h3-4H,2H2,1H3. The zero-order chi connectivity index (χ0) is 14.8. The van der Waals surface area contributed by atoms with Gasteiger partial charge >= 0.3 is 12.1 Å². The molecular weight excluding hydrogens is 335 g/mol. The first-order valence-corrected chi connectivity index (χ1v) is 5.70. The molecule has 0 aliphatic heterocycles. The number of carbonyl (C=O) groups is 1. The highest BCUT2D eigenvalue weighted by atomic mass is 79.9. The molecule has 1 rings (SSSR count). The van der Waals surface area contributed by atoms with Crippen LogP contribution in [-0.2, 0) is 10.9 Å². The van der Waals surface area contributed by atoms with Gasteiger partial charge in [0, 0.05) is 6.07 Å². The highest BCUT2D eigenvalue weighted by Gasteiger charge is 2.35. The summed E-state index contributed by atoms with van der Waals surface area (Å²) in [5.41, 5.74) is -2.67.